The van der Waals surface area contributed by atoms with Gasteiger partial charge in [0.1, 0.15) is 0 Å². The summed E-state index contributed by atoms with van der Waals surface area (Å²) in [7, 11) is 0. The zero-order chi connectivity index (χ0) is 9.90. The standard InChI is InChI=1S/C10H20N2S/c1-5-6-11-9-12-8(7-13-9)10(2,3)4/h8H,5-7H2,1-4H3,(H,11,12). The van der Waals surface area contributed by atoms with Gasteiger partial charge in [-0.2, -0.15) is 0 Å². The lowest BCUT2D eigenvalue weighted by Gasteiger charge is -2.26. The van der Waals surface area contributed by atoms with Crippen LogP contribution in [0.3, 0.4) is 0 Å². The maximum atomic E-state index is 4.47. The summed E-state index contributed by atoms with van der Waals surface area (Å²) in [4.78, 5) is 4.47. The molecule has 1 aliphatic rings. The van der Waals surface area contributed by atoms with Gasteiger partial charge >= 0.3 is 0 Å². The Labute approximate surface area is 85.6 Å². The van der Waals surface area contributed by atoms with Gasteiger partial charge in [0.05, 0.1) is 0 Å². The van der Waals surface area contributed by atoms with Crippen LogP contribution in [0.1, 0.15) is 34.1 Å². The van der Waals surface area contributed by atoms with Gasteiger partial charge in [0.25, 0.3) is 0 Å². The third kappa shape index (κ3) is 3.22. The zero-order valence-electron chi connectivity index (χ0n) is 9.05. The van der Waals surface area contributed by atoms with Crippen LogP contribution in [-0.4, -0.2) is 23.5 Å². The zero-order valence-corrected chi connectivity index (χ0v) is 9.87. The summed E-state index contributed by atoms with van der Waals surface area (Å²) in [5.74, 6) is 1.16. The quantitative estimate of drug-likeness (QED) is 0.740. The molecular formula is C10H20N2S. The summed E-state index contributed by atoms with van der Waals surface area (Å²) in [6.45, 7) is 9.92. The van der Waals surface area contributed by atoms with Crippen molar-refractivity contribution in [3.8, 4) is 0 Å². The van der Waals surface area contributed by atoms with Crippen molar-refractivity contribution in [1.29, 1.82) is 0 Å². The second-order valence-electron chi connectivity index (χ2n) is 4.56. The number of amidine groups is 1. The Morgan fingerprint density at radius 2 is 2.23 bits per heavy atom. The van der Waals surface area contributed by atoms with E-state index in [4.69, 9.17) is 0 Å². The number of rotatable bonds is 2. The molecule has 0 radical (unpaired) electrons. The van der Waals surface area contributed by atoms with Crippen LogP contribution in [0, 0.1) is 5.41 Å². The minimum Gasteiger partial charge on any atom is -0.361 e. The van der Waals surface area contributed by atoms with Crippen molar-refractivity contribution >= 4 is 16.9 Å². The molecule has 1 aliphatic heterocycles. The molecule has 1 atom stereocenters. The highest BCUT2D eigenvalue weighted by atomic mass is 32.2. The monoisotopic (exact) mass is 200 g/mol. The first-order valence-electron chi connectivity index (χ1n) is 4.98. The average molecular weight is 200 g/mol. The fourth-order valence-electron chi connectivity index (χ4n) is 1.17. The maximum Gasteiger partial charge on any atom is 0.156 e. The van der Waals surface area contributed by atoms with E-state index in [1.165, 1.54) is 0 Å². The smallest absolute Gasteiger partial charge is 0.156 e. The Balaban J connectivity index is 2.45. The molecule has 0 aromatic rings. The molecule has 3 heteroatoms. The molecule has 0 aromatic heterocycles. The molecular weight excluding hydrogens is 180 g/mol. The van der Waals surface area contributed by atoms with Crippen molar-refractivity contribution in [2.45, 2.75) is 40.2 Å². The minimum absolute atomic E-state index is 0.344. The van der Waals surface area contributed by atoms with Crippen molar-refractivity contribution in [1.82, 2.24) is 5.32 Å². The number of hydrogen-bond acceptors (Lipinski definition) is 2. The minimum atomic E-state index is 0.344. The van der Waals surface area contributed by atoms with Crippen molar-refractivity contribution < 1.29 is 0 Å². The van der Waals surface area contributed by atoms with E-state index in [1.54, 1.807) is 0 Å². The predicted octanol–water partition coefficient (Wildman–Crippen LogP) is 2.50. The van der Waals surface area contributed by atoms with Crippen molar-refractivity contribution in [2.24, 2.45) is 10.4 Å². The van der Waals surface area contributed by atoms with Crippen molar-refractivity contribution in [2.75, 3.05) is 12.3 Å². The number of aliphatic imine (C=N–C) groups is 1. The Morgan fingerprint density at radius 1 is 1.54 bits per heavy atom. The van der Waals surface area contributed by atoms with Gasteiger partial charge in [-0.25, -0.2) is 0 Å². The van der Waals surface area contributed by atoms with E-state index in [9.17, 15) is 0 Å². The molecule has 1 unspecified atom stereocenters. The molecule has 76 valence electrons. The van der Waals surface area contributed by atoms with Crippen LogP contribution in [0.4, 0.5) is 0 Å². The van der Waals surface area contributed by atoms with Crippen LogP contribution in [0.25, 0.3) is 0 Å². The first-order valence-corrected chi connectivity index (χ1v) is 5.96. The summed E-state index contributed by atoms with van der Waals surface area (Å²) >= 11 is 1.86. The molecule has 1 heterocycles. The van der Waals surface area contributed by atoms with Crippen molar-refractivity contribution in [3.63, 3.8) is 0 Å². The highest BCUT2D eigenvalue weighted by Gasteiger charge is 2.30. The Kier molecular flexibility index (Phi) is 3.65. The third-order valence-corrected chi connectivity index (χ3v) is 3.23. The van der Waals surface area contributed by atoms with Crippen LogP contribution in [0.5, 0.6) is 0 Å². The van der Waals surface area contributed by atoms with E-state index in [0.717, 1.165) is 23.9 Å². The normalized spacial score (nSPS) is 26.5. The molecule has 0 saturated carbocycles. The molecule has 0 aliphatic carbocycles. The number of thioether (sulfide) groups is 1. The summed E-state index contributed by atoms with van der Waals surface area (Å²) in [6, 6.07) is 0.577. The van der Waals surface area contributed by atoms with Crippen LogP contribution in [-0.2, 0) is 0 Å². The lowest BCUT2D eigenvalue weighted by molar-refractivity contribution is 0.326. The topological polar surface area (TPSA) is 24.4 Å². The highest BCUT2D eigenvalue weighted by Crippen LogP contribution is 2.27. The van der Waals surface area contributed by atoms with E-state index < -0.39 is 0 Å². The summed E-state index contributed by atoms with van der Waals surface area (Å²) in [6.07, 6.45) is 1.13. The largest absolute Gasteiger partial charge is 0.361 e. The fourth-order valence-corrected chi connectivity index (χ4v) is 2.48. The first kappa shape index (κ1) is 10.9. The summed E-state index contributed by atoms with van der Waals surface area (Å²) in [5.41, 5.74) is 0.344. The lowest BCUT2D eigenvalue weighted by atomic mass is 9.88. The Hall–Kier alpha value is -0.180. The van der Waals surface area contributed by atoms with Gasteiger partial charge in [-0.15, -0.1) is 0 Å². The molecule has 1 rings (SSSR count). The van der Waals surface area contributed by atoms with Gasteiger partial charge in [-0.1, -0.05) is 39.5 Å². The van der Waals surface area contributed by atoms with Crippen LogP contribution < -0.4 is 5.32 Å². The van der Waals surface area contributed by atoms with Crippen LogP contribution in [0.2, 0.25) is 0 Å². The number of nitrogens with one attached hydrogen (secondary N) is 1. The van der Waals surface area contributed by atoms with Gasteiger partial charge < -0.3 is 5.32 Å². The van der Waals surface area contributed by atoms with E-state index in [-0.39, 0.29) is 0 Å². The second-order valence-corrected chi connectivity index (χ2v) is 5.57. The van der Waals surface area contributed by atoms with Gasteiger partial charge in [0.15, 0.2) is 5.17 Å². The average Bonchev–Trinajstić information content (AvgIpc) is 2.47. The van der Waals surface area contributed by atoms with Gasteiger partial charge in [0, 0.05) is 18.3 Å². The Bertz CT molecular complexity index is 194. The first-order chi connectivity index (χ1) is 6.04. The number of nitrogens with zero attached hydrogens (tertiary/aromatic N) is 1. The van der Waals surface area contributed by atoms with E-state index in [1.807, 2.05) is 11.8 Å². The molecule has 1 fully saturated rings. The molecule has 2 nitrogen and oxygen atoms in total. The molecule has 0 bridgehead atoms. The molecule has 13 heavy (non-hydrogen) atoms. The number of hydrogen-bond donors (Lipinski definition) is 1. The molecule has 0 amide bonds. The van der Waals surface area contributed by atoms with Gasteiger partial charge in [-0.3, -0.25) is 4.99 Å². The van der Waals surface area contributed by atoms with Crippen LogP contribution >= 0.6 is 11.8 Å². The van der Waals surface area contributed by atoms with Crippen LogP contribution in [0.15, 0.2) is 4.99 Å². The van der Waals surface area contributed by atoms with Gasteiger partial charge in [0.2, 0.25) is 0 Å². The summed E-state index contributed by atoms with van der Waals surface area (Å²) in [5, 5.41) is 4.62. The molecule has 0 aromatic carbocycles. The predicted molar refractivity (Wildman–Crippen MR) is 61.4 cm³/mol. The maximum absolute atomic E-state index is 4.47. The Morgan fingerprint density at radius 3 is 2.69 bits per heavy atom. The van der Waals surface area contributed by atoms with E-state index in [0.29, 0.717) is 11.5 Å². The van der Waals surface area contributed by atoms with Gasteiger partial charge in [-0.05, 0) is 11.8 Å². The lowest BCUT2D eigenvalue weighted by Crippen LogP contribution is -2.38. The fraction of sp³-hybridized carbons (Fsp3) is 0.900. The third-order valence-electron chi connectivity index (χ3n) is 2.21. The van der Waals surface area contributed by atoms with E-state index >= 15 is 0 Å². The van der Waals surface area contributed by atoms with Crippen molar-refractivity contribution in [3.05, 3.63) is 0 Å². The summed E-state index contributed by atoms with van der Waals surface area (Å²) < 4.78 is 0. The molecule has 1 N–H and O–H groups in total. The molecule has 1 saturated heterocycles. The van der Waals surface area contributed by atoms with E-state index in [2.05, 4.69) is 38.0 Å². The molecule has 0 spiro atoms. The SMILES string of the molecule is CCCN=C1NC(C(C)(C)C)CS1. The highest BCUT2D eigenvalue weighted by molar-refractivity contribution is 8.14. The second kappa shape index (κ2) is 4.36.